The average molecular weight is 269 g/mol. The lowest BCUT2D eigenvalue weighted by Crippen LogP contribution is -1.98. The van der Waals surface area contributed by atoms with Gasteiger partial charge in [0.15, 0.2) is 0 Å². The maximum absolute atomic E-state index is 12.0. The Labute approximate surface area is 101 Å². The quantitative estimate of drug-likeness (QED) is 0.916. The van der Waals surface area contributed by atoms with Crippen molar-refractivity contribution in [2.75, 3.05) is 0 Å². The molecule has 0 saturated carbocycles. The number of benzene rings is 1. The Balaban J connectivity index is 2.49. The molecule has 0 spiro atoms. The van der Waals surface area contributed by atoms with Crippen LogP contribution in [0.2, 0.25) is 0 Å². The number of hydrogen-bond acceptors (Lipinski definition) is 5. The van der Waals surface area contributed by atoms with Crippen LogP contribution in [0.3, 0.4) is 0 Å². The molecule has 0 aliphatic heterocycles. The van der Waals surface area contributed by atoms with Crippen molar-refractivity contribution in [1.29, 1.82) is 0 Å². The van der Waals surface area contributed by atoms with E-state index in [-0.39, 0.29) is 14.1 Å². The Morgan fingerprint density at radius 3 is 2.41 bits per heavy atom. The van der Waals surface area contributed by atoms with Gasteiger partial charge >= 0.3 is 5.97 Å². The molecule has 2 rings (SSSR count). The predicted molar refractivity (Wildman–Crippen MR) is 61.0 cm³/mol. The van der Waals surface area contributed by atoms with E-state index in [1.807, 2.05) is 0 Å². The smallest absolute Gasteiger partial charge is 0.365 e. The average Bonchev–Trinajstić information content (AvgIpc) is 2.80. The highest BCUT2D eigenvalue weighted by atomic mass is 32.2. The summed E-state index contributed by atoms with van der Waals surface area (Å²) in [6.07, 6.45) is 1.07. The SMILES string of the molecule is O=C(O)c1ncc(S(=O)(=O)c2ccccc2)s1. The summed E-state index contributed by atoms with van der Waals surface area (Å²) in [5.41, 5.74) is 0. The Morgan fingerprint density at radius 2 is 1.88 bits per heavy atom. The van der Waals surface area contributed by atoms with Crippen molar-refractivity contribution in [3.8, 4) is 0 Å². The molecule has 1 N–H and O–H groups in total. The van der Waals surface area contributed by atoms with E-state index < -0.39 is 15.8 Å². The molecule has 0 amide bonds. The van der Waals surface area contributed by atoms with E-state index in [9.17, 15) is 13.2 Å². The molecule has 1 aromatic heterocycles. The van der Waals surface area contributed by atoms with Crippen molar-refractivity contribution >= 4 is 27.1 Å². The zero-order chi connectivity index (χ0) is 12.5. The van der Waals surface area contributed by atoms with Crippen LogP contribution in [0.1, 0.15) is 9.80 Å². The van der Waals surface area contributed by atoms with Crippen molar-refractivity contribution in [3.63, 3.8) is 0 Å². The Hall–Kier alpha value is -1.73. The second-order valence-corrected chi connectivity index (χ2v) is 6.31. The van der Waals surface area contributed by atoms with Crippen molar-refractivity contribution in [1.82, 2.24) is 4.98 Å². The molecule has 88 valence electrons. The van der Waals surface area contributed by atoms with E-state index >= 15 is 0 Å². The van der Waals surface area contributed by atoms with Crippen LogP contribution >= 0.6 is 11.3 Å². The van der Waals surface area contributed by atoms with Crippen LogP contribution in [-0.4, -0.2) is 24.5 Å². The second-order valence-electron chi connectivity index (χ2n) is 3.11. The zero-order valence-electron chi connectivity index (χ0n) is 8.40. The van der Waals surface area contributed by atoms with E-state index in [1.165, 1.54) is 12.1 Å². The maximum Gasteiger partial charge on any atom is 0.365 e. The van der Waals surface area contributed by atoms with Gasteiger partial charge in [0.25, 0.3) is 0 Å². The number of hydrogen-bond donors (Lipinski definition) is 1. The lowest BCUT2D eigenvalue weighted by atomic mass is 10.4. The second kappa shape index (κ2) is 4.27. The largest absolute Gasteiger partial charge is 0.476 e. The summed E-state index contributed by atoms with van der Waals surface area (Å²) in [5, 5.41) is 8.45. The number of aromatic carboxylic acids is 1. The number of sulfone groups is 1. The van der Waals surface area contributed by atoms with Gasteiger partial charge in [-0.05, 0) is 12.1 Å². The summed E-state index contributed by atoms with van der Waals surface area (Å²) in [4.78, 5) is 14.3. The van der Waals surface area contributed by atoms with Crippen LogP contribution in [0.4, 0.5) is 0 Å². The van der Waals surface area contributed by atoms with Gasteiger partial charge in [0, 0.05) is 0 Å². The molecular weight excluding hydrogens is 262 g/mol. The van der Waals surface area contributed by atoms with E-state index in [0.29, 0.717) is 11.3 Å². The maximum atomic E-state index is 12.0. The fourth-order valence-corrected chi connectivity index (χ4v) is 3.59. The van der Waals surface area contributed by atoms with Gasteiger partial charge in [-0.3, -0.25) is 0 Å². The van der Waals surface area contributed by atoms with Crippen LogP contribution < -0.4 is 0 Å². The van der Waals surface area contributed by atoms with E-state index in [4.69, 9.17) is 5.11 Å². The van der Waals surface area contributed by atoms with Crippen LogP contribution in [0.25, 0.3) is 0 Å². The highest BCUT2D eigenvalue weighted by Gasteiger charge is 2.22. The fourth-order valence-electron chi connectivity index (χ4n) is 1.20. The number of carbonyl (C=O) groups is 1. The number of carboxylic acids is 1. The molecule has 0 fully saturated rings. The lowest BCUT2D eigenvalue weighted by molar-refractivity contribution is 0.0696. The van der Waals surface area contributed by atoms with Crippen LogP contribution in [0.5, 0.6) is 0 Å². The minimum Gasteiger partial charge on any atom is -0.476 e. The van der Waals surface area contributed by atoms with Crippen LogP contribution in [0, 0.1) is 0 Å². The molecule has 0 aliphatic carbocycles. The Morgan fingerprint density at radius 1 is 1.24 bits per heavy atom. The molecular formula is C10H7NO4S2. The summed E-state index contributed by atoms with van der Waals surface area (Å²) in [7, 11) is -3.66. The molecule has 1 aromatic carbocycles. The molecule has 0 unspecified atom stereocenters. The van der Waals surface area contributed by atoms with Gasteiger partial charge in [0.05, 0.1) is 11.1 Å². The molecule has 0 atom stereocenters. The topological polar surface area (TPSA) is 84.3 Å². The molecule has 0 bridgehead atoms. The normalized spacial score (nSPS) is 11.3. The number of carboxylic acid groups (broad SMARTS) is 1. The lowest BCUT2D eigenvalue weighted by Gasteiger charge is -1.99. The monoisotopic (exact) mass is 269 g/mol. The first-order chi connectivity index (χ1) is 8.01. The molecule has 5 nitrogen and oxygen atoms in total. The van der Waals surface area contributed by atoms with E-state index in [1.54, 1.807) is 18.2 Å². The number of rotatable bonds is 3. The molecule has 1 heterocycles. The summed E-state index contributed by atoms with van der Waals surface area (Å²) in [6.45, 7) is 0. The molecule has 0 radical (unpaired) electrons. The Kier molecular flexibility index (Phi) is 2.95. The summed E-state index contributed by atoms with van der Waals surface area (Å²) in [5.74, 6) is -1.23. The van der Waals surface area contributed by atoms with Crippen molar-refractivity contribution in [2.24, 2.45) is 0 Å². The minimum atomic E-state index is -3.66. The first kappa shape index (κ1) is 11.7. The summed E-state index contributed by atoms with van der Waals surface area (Å²) in [6, 6.07) is 7.82. The van der Waals surface area contributed by atoms with Gasteiger partial charge in [0.2, 0.25) is 14.8 Å². The highest BCUT2D eigenvalue weighted by molar-refractivity contribution is 7.93. The molecule has 2 aromatic rings. The third kappa shape index (κ3) is 2.20. The minimum absolute atomic E-state index is 0.0684. The van der Waals surface area contributed by atoms with Crippen molar-refractivity contribution in [2.45, 2.75) is 9.10 Å². The van der Waals surface area contributed by atoms with Crippen molar-refractivity contribution in [3.05, 3.63) is 41.5 Å². The van der Waals surface area contributed by atoms with Gasteiger partial charge in [-0.15, -0.1) is 0 Å². The first-order valence-corrected chi connectivity index (χ1v) is 6.81. The van der Waals surface area contributed by atoms with Crippen LogP contribution in [-0.2, 0) is 9.84 Å². The van der Waals surface area contributed by atoms with E-state index in [0.717, 1.165) is 6.20 Å². The molecule has 17 heavy (non-hydrogen) atoms. The standard InChI is InChI=1S/C10H7NO4S2/c12-10(13)9-11-6-8(16-9)17(14,15)7-4-2-1-3-5-7/h1-6H,(H,12,13). The third-order valence-corrected chi connectivity index (χ3v) is 5.20. The summed E-state index contributed by atoms with van der Waals surface area (Å²) >= 11 is 0.644. The zero-order valence-corrected chi connectivity index (χ0v) is 10.0. The van der Waals surface area contributed by atoms with Gasteiger partial charge in [0.1, 0.15) is 4.21 Å². The number of aromatic nitrogens is 1. The fraction of sp³-hybridized carbons (Fsp3) is 0. The predicted octanol–water partition coefficient (Wildman–Crippen LogP) is 1.67. The first-order valence-electron chi connectivity index (χ1n) is 4.51. The number of nitrogens with zero attached hydrogens (tertiary/aromatic N) is 1. The van der Waals surface area contributed by atoms with Gasteiger partial charge in [-0.25, -0.2) is 18.2 Å². The molecule has 0 aliphatic rings. The Bertz CT molecular complexity index is 646. The summed E-state index contributed by atoms with van der Waals surface area (Å²) < 4.78 is 24.0. The number of thiazole rings is 1. The third-order valence-electron chi connectivity index (χ3n) is 1.99. The highest BCUT2D eigenvalue weighted by Crippen LogP contribution is 2.25. The van der Waals surface area contributed by atoms with Gasteiger partial charge < -0.3 is 5.11 Å². The van der Waals surface area contributed by atoms with Gasteiger partial charge in [-0.2, -0.15) is 0 Å². The van der Waals surface area contributed by atoms with E-state index in [2.05, 4.69) is 4.98 Å². The van der Waals surface area contributed by atoms with Gasteiger partial charge in [-0.1, -0.05) is 29.5 Å². The molecule has 0 saturated heterocycles. The molecule has 7 heteroatoms. The van der Waals surface area contributed by atoms with Crippen LogP contribution in [0.15, 0.2) is 45.6 Å². The van der Waals surface area contributed by atoms with Crippen molar-refractivity contribution < 1.29 is 18.3 Å².